The van der Waals surface area contributed by atoms with E-state index in [1.54, 1.807) is 0 Å². The molecule has 2 aromatic heterocycles. The molecule has 2 fully saturated rings. The van der Waals surface area contributed by atoms with Crippen LogP contribution in [-0.4, -0.2) is 78.8 Å². The number of pyridine rings is 1. The zero-order chi connectivity index (χ0) is 24.5. The molecule has 0 atom stereocenters. The molecule has 1 N–H and O–H groups in total. The molecule has 0 saturated carbocycles. The van der Waals surface area contributed by atoms with Crippen LogP contribution >= 0.6 is 11.3 Å². The summed E-state index contributed by atoms with van der Waals surface area (Å²) >= 11 is 0.808. The Morgan fingerprint density at radius 1 is 1.29 bits per heavy atom. The maximum atomic E-state index is 13.7. The third kappa shape index (κ3) is 5.02. The Kier molecular flexibility index (Phi) is 6.81. The Morgan fingerprint density at radius 3 is 2.62 bits per heavy atom. The average Bonchev–Trinajstić information content (AvgIpc) is 3.20. The van der Waals surface area contributed by atoms with Crippen LogP contribution in [0, 0.1) is 11.3 Å². The number of carbonyl (C=O) groups excluding carboxylic acids is 2. The SMILES string of the molecule is CNC(=O)c1csc2c(C(F)(F)F)cc(OC3CCN(C(=O)OC4CN(CC#N)C4)CC3)nc12. The number of likely N-dealkylation sites (tertiary alicyclic amines) is 2. The van der Waals surface area contributed by atoms with Crippen LogP contribution in [0.15, 0.2) is 11.4 Å². The summed E-state index contributed by atoms with van der Waals surface area (Å²) in [5, 5.41) is 12.4. The first-order valence-corrected chi connectivity index (χ1v) is 11.5. The number of nitriles is 1. The van der Waals surface area contributed by atoms with Gasteiger partial charge in [0.25, 0.3) is 5.91 Å². The predicted octanol–water partition coefficient (Wildman–Crippen LogP) is 2.86. The summed E-state index contributed by atoms with van der Waals surface area (Å²) in [5.74, 6) is -0.741. The molecule has 0 bridgehead atoms. The van der Waals surface area contributed by atoms with Crippen molar-refractivity contribution < 1.29 is 32.2 Å². The van der Waals surface area contributed by atoms with Crippen molar-refractivity contribution in [2.45, 2.75) is 31.2 Å². The summed E-state index contributed by atoms with van der Waals surface area (Å²) in [6.45, 7) is 2.00. The van der Waals surface area contributed by atoms with Gasteiger partial charge < -0.3 is 19.7 Å². The number of aromatic nitrogens is 1. The fourth-order valence-electron chi connectivity index (χ4n) is 3.92. The van der Waals surface area contributed by atoms with E-state index in [-0.39, 0.29) is 27.8 Å². The predicted molar refractivity (Wildman–Crippen MR) is 116 cm³/mol. The molecule has 9 nitrogen and oxygen atoms in total. The van der Waals surface area contributed by atoms with Crippen molar-refractivity contribution in [3.05, 3.63) is 22.6 Å². The minimum Gasteiger partial charge on any atom is -0.474 e. The number of halogens is 3. The van der Waals surface area contributed by atoms with Gasteiger partial charge in [0, 0.05) is 57.5 Å². The van der Waals surface area contributed by atoms with Crippen LogP contribution in [0.4, 0.5) is 18.0 Å². The molecular formula is C21H22F3N5O4S. The number of hydrogen-bond acceptors (Lipinski definition) is 8. The van der Waals surface area contributed by atoms with Crippen LogP contribution < -0.4 is 10.1 Å². The van der Waals surface area contributed by atoms with Crippen LogP contribution in [0.5, 0.6) is 5.88 Å². The van der Waals surface area contributed by atoms with Crippen molar-refractivity contribution in [2.24, 2.45) is 0 Å². The van der Waals surface area contributed by atoms with Gasteiger partial charge in [-0.15, -0.1) is 11.3 Å². The van der Waals surface area contributed by atoms with E-state index in [1.165, 1.54) is 17.3 Å². The maximum absolute atomic E-state index is 13.7. The van der Waals surface area contributed by atoms with E-state index >= 15 is 0 Å². The normalized spacial score (nSPS) is 17.8. The highest BCUT2D eigenvalue weighted by Gasteiger charge is 2.36. The van der Waals surface area contributed by atoms with Crippen LogP contribution in [0.25, 0.3) is 10.2 Å². The molecule has 182 valence electrons. The van der Waals surface area contributed by atoms with Gasteiger partial charge in [0.05, 0.1) is 34.0 Å². The van der Waals surface area contributed by atoms with Crippen molar-refractivity contribution in [2.75, 3.05) is 39.8 Å². The number of thiophene rings is 1. The fraction of sp³-hybridized carbons (Fsp3) is 0.524. The van der Waals surface area contributed by atoms with E-state index in [0.717, 1.165) is 17.4 Å². The second-order valence-corrected chi connectivity index (χ2v) is 8.95. The van der Waals surface area contributed by atoms with E-state index < -0.39 is 29.8 Å². The summed E-state index contributed by atoms with van der Waals surface area (Å²) in [5.41, 5.74) is -0.902. The highest BCUT2D eigenvalue weighted by molar-refractivity contribution is 7.17. The largest absolute Gasteiger partial charge is 0.474 e. The smallest absolute Gasteiger partial charge is 0.418 e. The molecule has 0 aromatic carbocycles. The van der Waals surface area contributed by atoms with Gasteiger partial charge in [-0.2, -0.15) is 18.4 Å². The van der Waals surface area contributed by atoms with Crippen LogP contribution in [0.1, 0.15) is 28.8 Å². The van der Waals surface area contributed by atoms with E-state index in [2.05, 4.69) is 10.3 Å². The number of carbonyl (C=O) groups is 2. The monoisotopic (exact) mass is 497 g/mol. The minimum absolute atomic E-state index is 0.0545. The Balaban J connectivity index is 1.40. The number of alkyl halides is 3. The molecule has 34 heavy (non-hydrogen) atoms. The van der Waals surface area contributed by atoms with E-state index in [4.69, 9.17) is 14.7 Å². The second-order valence-electron chi connectivity index (χ2n) is 8.07. The third-order valence-electron chi connectivity index (χ3n) is 5.75. The van der Waals surface area contributed by atoms with Gasteiger partial charge >= 0.3 is 12.3 Å². The molecular weight excluding hydrogens is 475 g/mol. The number of fused-ring (bicyclic) bond motifs is 1. The van der Waals surface area contributed by atoms with Gasteiger partial charge in [0.15, 0.2) is 0 Å². The Morgan fingerprint density at radius 2 is 2.00 bits per heavy atom. The van der Waals surface area contributed by atoms with Crippen LogP contribution in [0.2, 0.25) is 0 Å². The van der Waals surface area contributed by atoms with E-state index in [1.807, 2.05) is 11.0 Å². The lowest BCUT2D eigenvalue weighted by molar-refractivity contribution is -0.136. The average molecular weight is 497 g/mol. The van der Waals surface area contributed by atoms with Gasteiger partial charge in [-0.05, 0) is 0 Å². The number of nitrogens with zero attached hydrogens (tertiary/aromatic N) is 4. The molecule has 2 aromatic rings. The molecule has 0 unspecified atom stereocenters. The lowest BCUT2D eigenvalue weighted by Gasteiger charge is -2.38. The molecule has 13 heteroatoms. The Hall–Kier alpha value is -3.11. The zero-order valence-corrected chi connectivity index (χ0v) is 19.0. The quantitative estimate of drug-likeness (QED) is 0.633. The summed E-state index contributed by atoms with van der Waals surface area (Å²) in [4.78, 5) is 32.0. The third-order valence-corrected chi connectivity index (χ3v) is 6.75. The highest BCUT2D eigenvalue weighted by Crippen LogP contribution is 2.40. The first-order valence-electron chi connectivity index (χ1n) is 10.6. The molecule has 0 aliphatic carbocycles. The molecule has 4 heterocycles. The lowest BCUT2D eigenvalue weighted by Crippen LogP contribution is -2.54. The minimum atomic E-state index is -4.64. The molecule has 0 spiro atoms. The summed E-state index contributed by atoms with van der Waals surface area (Å²) in [6, 6.07) is 2.90. The van der Waals surface area contributed by atoms with Crippen LogP contribution in [-0.2, 0) is 10.9 Å². The standard InChI is InChI=1S/C21H22F3N5O4S/c1-26-19(30)14-11-34-18-15(21(22,23)24)8-16(27-17(14)18)32-12-2-5-29(6-3-12)20(31)33-13-9-28(10-13)7-4-25/h8,11-13H,2-3,5-7,9-10H2,1H3,(H,26,30). The number of rotatable bonds is 5. The van der Waals surface area contributed by atoms with Crippen molar-refractivity contribution in [3.8, 4) is 11.9 Å². The second kappa shape index (κ2) is 9.63. The van der Waals surface area contributed by atoms with Gasteiger partial charge in [0.2, 0.25) is 5.88 Å². The maximum Gasteiger partial charge on any atom is 0.418 e. The molecule has 4 rings (SSSR count). The number of ether oxygens (including phenoxy) is 2. The zero-order valence-electron chi connectivity index (χ0n) is 18.2. The Bertz CT molecular complexity index is 1120. The summed E-state index contributed by atoms with van der Waals surface area (Å²) in [7, 11) is 1.39. The van der Waals surface area contributed by atoms with Gasteiger partial charge in [-0.1, -0.05) is 0 Å². The topological polar surface area (TPSA) is 108 Å². The van der Waals surface area contributed by atoms with Crippen molar-refractivity contribution in [1.82, 2.24) is 20.1 Å². The highest BCUT2D eigenvalue weighted by atomic mass is 32.1. The number of nitrogens with one attached hydrogen (secondary N) is 1. The number of piperidine rings is 1. The first kappa shape index (κ1) is 24.0. The molecule has 2 aliphatic heterocycles. The molecule has 0 radical (unpaired) electrons. The first-order chi connectivity index (χ1) is 16.2. The van der Waals surface area contributed by atoms with E-state index in [9.17, 15) is 22.8 Å². The van der Waals surface area contributed by atoms with Crippen molar-refractivity contribution in [3.63, 3.8) is 0 Å². The molecule has 2 aliphatic rings. The lowest BCUT2D eigenvalue weighted by atomic mass is 10.1. The summed E-state index contributed by atoms with van der Waals surface area (Å²) < 4.78 is 52.0. The number of amides is 2. The van der Waals surface area contributed by atoms with Gasteiger partial charge in [-0.25, -0.2) is 9.78 Å². The molecule has 2 saturated heterocycles. The summed E-state index contributed by atoms with van der Waals surface area (Å²) in [6.07, 6.45) is -4.98. The molecule has 2 amide bonds. The number of hydrogen-bond donors (Lipinski definition) is 1. The Labute approximate surface area is 197 Å². The van der Waals surface area contributed by atoms with Gasteiger partial charge in [-0.3, -0.25) is 9.69 Å². The van der Waals surface area contributed by atoms with E-state index in [0.29, 0.717) is 45.6 Å². The van der Waals surface area contributed by atoms with Gasteiger partial charge in [0.1, 0.15) is 12.2 Å². The fourth-order valence-corrected chi connectivity index (χ4v) is 4.95. The van der Waals surface area contributed by atoms with Crippen LogP contribution in [0.3, 0.4) is 0 Å². The van der Waals surface area contributed by atoms with Crippen molar-refractivity contribution >= 4 is 33.6 Å². The van der Waals surface area contributed by atoms with Crippen molar-refractivity contribution in [1.29, 1.82) is 5.26 Å².